The molecule has 0 spiro atoms. The van der Waals surface area contributed by atoms with Gasteiger partial charge < -0.3 is 31.1 Å². The molecule has 5 rings (SSSR count). The summed E-state index contributed by atoms with van der Waals surface area (Å²) in [6, 6.07) is 15.9. The number of likely N-dealkylation sites (N-methyl/N-ethyl adjacent to an activating group) is 1. The van der Waals surface area contributed by atoms with Crippen LogP contribution in [-0.4, -0.2) is 91.9 Å². The topological polar surface area (TPSA) is 124 Å². The lowest BCUT2D eigenvalue weighted by molar-refractivity contribution is 0.0779. The van der Waals surface area contributed by atoms with Crippen LogP contribution in [0.5, 0.6) is 0 Å². The zero-order valence-corrected chi connectivity index (χ0v) is 24.8. The minimum atomic E-state index is -0.545. The van der Waals surface area contributed by atoms with Crippen molar-refractivity contribution in [3.63, 3.8) is 0 Å². The van der Waals surface area contributed by atoms with E-state index in [-0.39, 0.29) is 11.8 Å². The van der Waals surface area contributed by atoms with Gasteiger partial charge >= 0.3 is 0 Å². The van der Waals surface area contributed by atoms with Gasteiger partial charge in [-0.1, -0.05) is 6.07 Å². The predicted octanol–water partition coefficient (Wildman–Crippen LogP) is 3.46. The first-order valence-electron chi connectivity index (χ1n) is 15.1. The fourth-order valence-electron chi connectivity index (χ4n) is 5.66. The molecule has 3 aromatic rings. The number of carbonyl (C=O) groups is 3. The second-order valence-corrected chi connectivity index (χ2v) is 11.3. The smallest absolute Gasteiger partial charge is 0.255 e. The molecular weight excluding hydrogens is 542 g/mol. The van der Waals surface area contributed by atoms with Crippen LogP contribution in [-0.2, 0) is 0 Å². The summed E-state index contributed by atoms with van der Waals surface area (Å²) in [6.45, 7) is 7.33. The molecule has 2 aliphatic rings. The zero-order valence-electron chi connectivity index (χ0n) is 24.8. The normalized spacial score (nSPS) is 15.9. The lowest BCUT2D eigenvalue weighted by atomic mass is 10.0. The molecular formula is C33H41N7O3. The van der Waals surface area contributed by atoms with E-state index in [0.717, 1.165) is 70.8 Å². The molecule has 0 atom stereocenters. The summed E-state index contributed by atoms with van der Waals surface area (Å²) in [7, 11) is 1.80. The van der Waals surface area contributed by atoms with E-state index in [1.54, 1.807) is 54.5 Å². The Morgan fingerprint density at radius 1 is 0.907 bits per heavy atom. The van der Waals surface area contributed by atoms with Crippen molar-refractivity contribution in [2.45, 2.75) is 25.7 Å². The number of hydrogen-bond acceptors (Lipinski definition) is 7. The number of piperidine rings is 1. The van der Waals surface area contributed by atoms with Gasteiger partial charge in [0, 0.05) is 80.5 Å². The molecule has 226 valence electrons. The Labute approximate surface area is 253 Å². The van der Waals surface area contributed by atoms with Crippen LogP contribution in [0.2, 0.25) is 0 Å². The van der Waals surface area contributed by atoms with Crippen molar-refractivity contribution in [1.29, 1.82) is 0 Å². The third-order valence-electron chi connectivity index (χ3n) is 8.20. The molecule has 3 heterocycles. The molecule has 2 aliphatic heterocycles. The first-order valence-corrected chi connectivity index (χ1v) is 15.1. The third-order valence-corrected chi connectivity index (χ3v) is 8.20. The van der Waals surface area contributed by atoms with E-state index in [1.165, 1.54) is 6.42 Å². The average Bonchev–Trinajstić information content (AvgIpc) is 3.33. The van der Waals surface area contributed by atoms with E-state index < -0.39 is 5.91 Å². The molecule has 0 unspecified atom stereocenters. The van der Waals surface area contributed by atoms with E-state index in [1.807, 2.05) is 18.2 Å². The van der Waals surface area contributed by atoms with Crippen LogP contribution in [0.25, 0.3) is 11.3 Å². The van der Waals surface area contributed by atoms with Crippen molar-refractivity contribution in [3.05, 3.63) is 77.5 Å². The maximum absolute atomic E-state index is 13.5. The predicted molar refractivity (Wildman–Crippen MR) is 170 cm³/mol. The molecule has 0 radical (unpaired) electrons. The van der Waals surface area contributed by atoms with E-state index in [9.17, 15) is 14.4 Å². The number of nitrogens with zero attached hydrogens (tertiary/aromatic N) is 4. The molecule has 2 saturated heterocycles. The molecule has 2 fully saturated rings. The van der Waals surface area contributed by atoms with Gasteiger partial charge in [-0.25, -0.2) is 0 Å². The molecule has 10 heteroatoms. The Morgan fingerprint density at radius 3 is 2.53 bits per heavy atom. The van der Waals surface area contributed by atoms with E-state index in [0.29, 0.717) is 40.2 Å². The van der Waals surface area contributed by atoms with Gasteiger partial charge in [0.15, 0.2) is 0 Å². The van der Waals surface area contributed by atoms with Gasteiger partial charge in [-0.2, -0.15) is 0 Å². The summed E-state index contributed by atoms with van der Waals surface area (Å²) >= 11 is 0. The molecule has 1 aromatic heterocycles. The third kappa shape index (κ3) is 7.77. The second kappa shape index (κ2) is 14.3. The molecule has 3 amide bonds. The lowest BCUT2D eigenvalue weighted by Crippen LogP contribution is -2.37. The Hall–Kier alpha value is -4.28. The molecule has 0 saturated carbocycles. The van der Waals surface area contributed by atoms with Crippen molar-refractivity contribution < 1.29 is 14.4 Å². The summed E-state index contributed by atoms with van der Waals surface area (Å²) < 4.78 is 0. The summed E-state index contributed by atoms with van der Waals surface area (Å²) in [6.07, 6.45) is 6.12. The number of hydrogen-bond donors (Lipinski definition) is 3. The van der Waals surface area contributed by atoms with E-state index in [4.69, 9.17) is 5.73 Å². The highest BCUT2D eigenvalue weighted by Gasteiger charge is 2.19. The van der Waals surface area contributed by atoms with Crippen molar-refractivity contribution >= 4 is 29.1 Å². The van der Waals surface area contributed by atoms with Gasteiger partial charge in [-0.05, 0) is 87.3 Å². The highest BCUT2D eigenvalue weighted by atomic mass is 16.2. The van der Waals surface area contributed by atoms with Gasteiger partial charge in [0.25, 0.3) is 11.8 Å². The largest absolute Gasteiger partial charge is 0.372 e. The van der Waals surface area contributed by atoms with Crippen LogP contribution >= 0.6 is 0 Å². The lowest BCUT2D eigenvalue weighted by Gasteiger charge is -2.29. The van der Waals surface area contributed by atoms with E-state index >= 15 is 0 Å². The number of amides is 3. The van der Waals surface area contributed by atoms with E-state index in [2.05, 4.69) is 25.4 Å². The van der Waals surface area contributed by atoms with Crippen LogP contribution in [0.3, 0.4) is 0 Å². The Morgan fingerprint density at radius 2 is 1.72 bits per heavy atom. The van der Waals surface area contributed by atoms with Crippen molar-refractivity contribution in [2.75, 3.05) is 69.6 Å². The van der Waals surface area contributed by atoms with Gasteiger partial charge in [0.1, 0.15) is 0 Å². The van der Waals surface area contributed by atoms with Crippen LogP contribution < -0.4 is 21.3 Å². The molecule has 10 nitrogen and oxygen atoms in total. The highest BCUT2D eigenvalue weighted by molar-refractivity contribution is 6.08. The molecule has 0 bridgehead atoms. The first-order chi connectivity index (χ1) is 20.9. The van der Waals surface area contributed by atoms with Gasteiger partial charge in [-0.3, -0.25) is 19.4 Å². The quantitative estimate of drug-likeness (QED) is 0.353. The minimum Gasteiger partial charge on any atom is -0.372 e. The maximum atomic E-state index is 13.5. The molecule has 4 N–H and O–H groups in total. The number of nitrogens with one attached hydrogen (secondary N) is 2. The van der Waals surface area contributed by atoms with Crippen LogP contribution in [0, 0.1) is 0 Å². The number of rotatable bonds is 9. The monoisotopic (exact) mass is 583 g/mol. The standard InChI is InChI=1S/C33H41N7O3/c1-38(19-20-39-15-6-12-35-14-18-39)33(43)26-8-5-7-25(21-26)32(42)37-29-10-9-27(40-16-3-2-4-17-40)23-28(29)30-22-24(31(34)41)11-13-36-30/h5,7-11,13,21-23,35H,2-4,6,12,14-20H2,1H3,(H2,34,41)(H,37,42). The number of carbonyl (C=O) groups excluding carboxylic acids is 3. The fourth-order valence-corrected chi connectivity index (χ4v) is 5.66. The van der Waals surface area contributed by atoms with Crippen LogP contribution in [0.1, 0.15) is 56.8 Å². The number of benzene rings is 2. The number of primary amides is 1. The van der Waals surface area contributed by atoms with Gasteiger partial charge in [0.05, 0.1) is 11.4 Å². The maximum Gasteiger partial charge on any atom is 0.255 e. The summed E-state index contributed by atoms with van der Waals surface area (Å²) in [4.78, 5) is 49.6. The summed E-state index contributed by atoms with van der Waals surface area (Å²) in [5.74, 6) is -1.01. The van der Waals surface area contributed by atoms with Gasteiger partial charge in [0.2, 0.25) is 5.91 Å². The zero-order chi connectivity index (χ0) is 30.2. The second-order valence-electron chi connectivity index (χ2n) is 11.3. The van der Waals surface area contributed by atoms with Crippen molar-refractivity contribution in [3.8, 4) is 11.3 Å². The Balaban J connectivity index is 1.34. The van der Waals surface area contributed by atoms with Crippen LogP contribution in [0.4, 0.5) is 11.4 Å². The first kappa shape index (κ1) is 30.2. The Kier molecular flexibility index (Phi) is 10.0. The molecule has 0 aliphatic carbocycles. The number of nitrogens with two attached hydrogens (primary N) is 1. The Bertz CT molecular complexity index is 1450. The number of anilines is 2. The van der Waals surface area contributed by atoms with Crippen LogP contribution in [0.15, 0.2) is 60.8 Å². The van der Waals surface area contributed by atoms with Crippen molar-refractivity contribution in [1.82, 2.24) is 20.1 Å². The average molecular weight is 584 g/mol. The van der Waals surface area contributed by atoms with Gasteiger partial charge in [-0.15, -0.1) is 0 Å². The number of pyridine rings is 1. The number of aromatic nitrogens is 1. The summed E-state index contributed by atoms with van der Waals surface area (Å²) in [5.41, 5.74) is 9.54. The fraction of sp³-hybridized carbons (Fsp3) is 0.394. The highest BCUT2D eigenvalue weighted by Crippen LogP contribution is 2.33. The summed E-state index contributed by atoms with van der Waals surface area (Å²) in [5, 5.41) is 6.42. The molecule has 43 heavy (non-hydrogen) atoms. The van der Waals surface area contributed by atoms with Crippen molar-refractivity contribution in [2.24, 2.45) is 5.73 Å². The molecule has 2 aromatic carbocycles. The minimum absolute atomic E-state index is 0.123. The SMILES string of the molecule is CN(CCN1CCCNCC1)C(=O)c1cccc(C(=O)Nc2ccc(N3CCCCC3)cc2-c2cc(C(N)=O)ccn2)c1.